The van der Waals surface area contributed by atoms with E-state index in [0.717, 1.165) is 44.5 Å². The number of aromatic nitrogens is 2. The minimum absolute atomic E-state index is 0.113. The van der Waals surface area contributed by atoms with Gasteiger partial charge in [0.15, 0.2) is 11.5 Å². The Bertz CT molecular complexity index is 855. The van der Waals surface area contributed by atoms with Crippen LogP contribution in [0.2, 0.25) is 0 Å². The van der Waals surface area contributed by atoms with Crippen molar-refractivity contribution in [1.29, 1.82) is 0 Å². The number of amides is 2. The normalized spacial score (nSPS) is 16.4. The van der Waals surface area contributed by atoms with Crippen LogP contribution in [0, 0.1) is 5.82 Å². The van der Waals surface area contributed by atoms with Crippen LogP contribution in [0.4, 0.5) is 10.1 Å². The average molecular weight is 356 g/mol. The second-order valence-corrected chi connectivity index (χ2v) is 6.77. The van der Waals surface area contributed by atoms with Crippen LogP contribution in [0.5, 0.6) is 0 Å². The standard InChI is InChI=1S/C19H21FN4O2/c20-13-7-1-2-8-14(13)21-18(25)16-15-9-3-4-12-24(15)17(22-16)19(26)23-10-5-6-11-23/h1-2,7-8H,3-6,9-12H2,(H,21,25). The molecule has 1 saturated heterocycles. The monoisotopic (exact) mass is 356 g/mol. The Balaban J connectivity index is 1.66. The maximum atomic E-state index is 13.8. The maximum Gasteiger partial charge on any atom is 0.289 e. The minimum atomic E-state index is -0.498. The molecule has 0 bridgehead atoms. The van der Waals surface area contributed by atoms with Gasteiger partial charge in [0, 0.05) is 19.6 Å². The number of carbonyl (C=O) groups is 2. The number of rotatable bonds is 3. The van der Waals surface area contributed by atoms with E-state index in [1.165, 1.54) is 12.1 Å². The Hall–Kier alpha value is -2.70. The van der Waals surface area contributed by atoms with Crippen molar-refractivity contribution in [2.45, 2.75) is 38.6 Å². The van der Waals surface area contributed by atoms with Gasteiger partial charge in [-0.15, -0.1) is 0 Å². The van der Waals surface area contributed by atoms with Gasteiger partial charge in [0.05, 0.1) is 11.4 Å². The second kappa shape index (κ2) is 6.90. The lowest BCUT2D eigenvalue weighted by molar-refractivity contribution is 0.0774. The Morgan fingerprint density at radius 3 is 2.54 bits per heavy atom. The summed E-state index contributed by atoms with van der Waals surface area (Å²) in [7, 11) is 0. The van der Waals surface area contributed by atoms with Crippen LogP contribution in [0.3, 0.4) is 0 Å². The van der Waals surface area contributed by atoms with E-state index in [2.05, 4.69) is 10.3 Å². The fourth-order valence-corrected chi connectivity index (χ4v) is 3.69. The predicted octanol–water partition coefficient (Wildman–Crippen LogP) is 2.85. The molecule has 136 valence electrons. The number of imidazole rings is 1. The molecule has 0 spiro atoms. The van der Waals surface area contributed by atoms with Gasteiger partial charge in [-0.25, -0.2) is 9.37 Å². The molecule has 6 nitrogen and oxygen atoms in total. The molecular weight excluding hydrogens is 335 g/mol. The molecule has 2 amide bonds. The van der Waals surface area contributed by atoms with E-state index >= 15 is 0 Å². The van der Waals surface area contributed by atoms with Crippen molar-refractivity contribution in [3.05, 3.63) is 47.3 Å². The maximum absolute atomic E-state index is 13.8. The molecule has 2 aromatic rings. The molecule has 1 aromatic heterocycles. The fraction of sp³-hybridized carbons (Fsp3) is 0.421. The van der Waals surface area contributed by atoms with E-state index in [9.17, 15) is 14.0 Å². The first-order chi connectivity index (χ1) is 12.6. The summed E-state index contributed by atoms with van der Waals surface area (Å²) < 4.78 is 15.7. The molecular formula is C19H21FN4O2. The van der Waals surface area contributed by atoms with E-state index in [4.69, 9.17) is 0 Å². The fourth-order valence-electron chi connectivity index (χ4n) is 3.69. The molecule has 0 atom stereocenters. The van der Waals surface area contributed by atoms with Crippen molar-refractivity contribution in [3.63, 3.8) is 0 Å². The summed E-state index contributed by atoms with van der Waals surface area (Å²) >= 11 is 0. The lowest BCUT2D eigenvalue weighted by Crippen LogP contribution is -2.31. The van der Waals surface area contributed by atoms with Crippen LogP contribution in [0.15, 0.2) is 24.3 Å². The molecule has 1 aromatic carbocycles. The molecule has 7 heteroatoms. The molecule has 0 radical (unpaired) electrons. The number of nitrogens with one attached hydrogen (secondary N) is 1. The summed E-state index contributed by atoms with van der Waals surface area (Å²) in [6.07, 6.45) is 4.60. The van der Waals surface area contributed by atoms with Gasteiger partial charge in [-0.3, -0.25) is 9.59 Å². The van der Waals surface area contributed by atoms with Crippen molar-refractivity contribution in [3.8, 4) is 0 Å². The predicted molar refractivity (Wildman–Crippen MR) is 94.7 cm³/mol. The molecule has 0 saturated carbocycles. The molecule has 3 heterocycles. The lowest BCUT2D eigenvalue weighted by Gasteiger charge is -2.19. The molecule has 1 fully saturated rings. The number of likely N-dealkylation sites (tertiary alicyclic amines) is 1. The third kappa shape index (κ3) is 2.98. The Morgan fingerprint density at radius 1 is 1.04 bits per heavy atom. The SMILES string of the molecule is O=C(Nc1ccccc1F)c1nc(C(=O)N2CCCC2)n2c1CCCC2. The number of hydrogen-bond donors (Lipinski definition) is 1. The number of para-hydroxylation sites is 1. The first kappa shape index (κ1) is 16.8. The van der Waals surface area contributed by atoms with E-state index in [1.807, 2.05) is 4.57 Å². The summed E-state index contributed by atoms with van der Waals surface area (Å²) in [5.41, 5.74) is 1.12. The number of fused-ring (bicyclic) bond motifs is 1. The summed E-state index contributed by atoms with van der Waals surface area (Å²) in [4.78, 5) is 31.7. The topological polar surface area (TPSA) is 67.2 Å². The minimum Gasteiger partial charge on any atom is -0.336 e. The van der Waals surface area contributed by atoms with Crippen molar-refractivity contribution >= 4 is 17.5 Å². The highest BCUT2D eigenvalue weighted by Gasteiger charge is 2.30. The van der Waals surface area contributed by atoms with Gasteiger partial charge >= 0.3 is 0 Å². The van der Waals surface area contributed by atoms with Crippen LogP contribution >= 0.6 is 0 Å². The molecule has 0 aliphatic carbocycles. The van der Waals surface area contributed by atoms with Crippen molar-refractivity contribution in [2.24, 2.45) is 0 Å². The summed E-state index contributed by atoms with van der Waals surface area (Å²) in [6.45, 7) is 2.15. The number of carbonyl (C=O) groups excluding carboxylic acids is 2. The van der Waals surface area contributed by atoms with Gasteiger partial charge in [-0.1, -0.05) is 12.1 Å². The molecule has 0 unspecified atom stereocenters. The zero-order valence-electron chi connectivity index (χ0n) is 14.5. The van der Waals surface area contributed by atoms with Gasteiger partial charge < -0.3 is 14.8 Å². The first-order valence-electron chi connectivity index (χ1n) is 9.09. The highest BCUT2D eigenvalue weighted by atomic mass is 19.1. The van der Waals surface area contributed by atoms with Crippen LogP contribution in [-0.2, 0) is 13.0 Å². The van der Waals surface area contributed by atoms with Gasteiger partial charge in [0.1, 0.15) is 5.82 Å². The Morgan fingerprint density at radius 2 is 1.77 bits per heavy atom. The highest BCUT2D eigenvalue weighted by molar-refractivity contribution is 6.05. The number of anilines is 1. The van der Waals surface area contributed by atoms with Crippen molar-refractivity contribution in [2.75, 3.05) is 18.4 Å². The van der Waals surface area contributed by atoms with Gasteiger partial charge in [-0.2, -0.15) is 0 Å². The third-order valence-electron chi connectivity index (χ3n) is 5.04. The van der Waals surface area contributed by atoms with E-state index < -0.39 is 11.7 Å². The number of nitrogens with zero attached hydrogens (tertiary/aromatic N) is 3. The lowest BCUT2D eigenvalue weighted by atomic mass is 10.1. The largest absolute Gasteiger partial charge is 0.336 e. The summed E-state index contributed by atoms with van der Waals surface area (Å²) in [5, 5.41) is 2.58. The molecule has 2 aliphatic rings. The van der Waals surface area contributed by atoms with Gasteiger partial charge in [0.2, 0.25) is 0 Å². The third-order valence-corrected chi connectivity index (χ3v) is 5.04. The second-order valence-electron chi connectivity index (χ2n) is 6.77. The summed E-state index contributed by atoms with van der Waals surface area (Å²) in [5.74, 6) is -0.751. The highest BCUT2D eigenvalue weighted by Crippen LogP contribution is 2.24. The molecule has 4 rings (SSSR count). The van der Waals surface area contributed by atoms with E-state index in [0.29, 0.717) is 18.8 Å². The van der Waals surface area contributed by atoms with E-state index in [1.54, 1.807) is 17.0 Å². The van der Waals surface area contributed by atoms with E-state index in [-0.39, 0.29) is 17.3 Å². The summed E-state index contributed by atoms with van der Waals surface area (Å²) in [6, 6.07) is 6.02. The van der Waals surface area contributed by atoms with Crippen molar-refractivity contribution in [1.82, 2.24) is 14.5 Å². The Labute approximate surface area is 151 Å². The Kier molecular flexibility index (Phi) is 4.44. The van der Waals surface area contributed by atoms with Crippen LogP contribution in [0.1, 0.15) is 52.5 Å². The number of hydrogen-bond acceptors (Lipinski definition) is 3. The van der Waals surface area contributed by atoms with Crippen LogP contribution in [-0.4, -0.2) is 39.4 Å². The first-order valence-corrected chi connectivity index (χ1v) is 9.09. The number of benzene rings is 1. The molecule has 2 aliphatic heterocycles. The molecule has 26 heavy (non-hydrogen) atoms. The quantitative estimate of drug-likeness (QED) is 0.920. The number of halogens is 1. The average Bonchev–Trinajstić information content (AvgIpc) is 3.31. The van der Waals surface area contributed by atoms with Crippen molar-refractivity contribution < 1.29 is 14.0 Å². The van der Waals surface area contributed by atoms with Crippen LogP contribution < -0.4 is 5.32 Å². The van der Waals surface area contributed by atoms with Gasteiger partial charge in [-0.05, 0) is 44.2 Å². The zero-order chi connectivity index (χ0) is 18.1. The van der Waals surface area contributed by atoms with Gasteiger partial charge in [0.25, 0.3) is 11.8 Å². The zero-order valence-corrected chi connectivity index (χ0v) is 14.5. The smallest absolute Gasteiger partial charge is 0.289 e. The molecule has 1 N–H and O–H groups in total. The van der Waals surface area contributed by atoms with Crippen LogP contribution in [0.25, 0.3) is 0 Å².